The van der Waals surface area contributed by atoms with E-state index in [0.29, 0.717) is 12.5 Å². The Kier molecular flexibility index (Phi) is 4.50. The first kappa shape index (κ1) is 14.0. The second-order valence-electron chi connectivity index (χ2n) is 4.65. The van der Waals surface area contributed by atoms with Crippen LogP contribution < -0.4 is 10.5 Å². The highest BCUT2D eigenvalue weighted by Crippen LogP contribution is 2.34. The zero-order valence-corrected chi connectivity index (χ0v) is 12.3. The van der Waals surface area contributed by atoms with Gasteiger partial charge in [0.2, 0.25) is 0 Å². The Morgan fingerprint density at radius 3 is 2.74 bits per heavy atom. The van der Waals surface area contributed by atoms with E-state index in [9.17, 15) is 0 Å². The van der Waals surface area contributed by atoms with Crippen LogP contribution in [0.4, 0.5) is 0 Å². The fourth-order valence-electron chi connectivity index (χ4n) is 1.84. The van der Waals surface area contributed by atoms with Crippen LogP contribution in [-0.2, 0) is 6.42 Å². The molecule has 1 aromatic heterocycles. The van der Waals surface area contributed by atoms with Crippen LogP contribution >= 0.6 is 11.3 Å². The first-order chi connectivity index (χ1) is 9.15. The Bertz CT molecular complexity index is 551. The molecule has 5 heteroatoms. The maximum absolute atomic E-state index is 5.54. The molecule has 0 fully saturated rings. The van der Waals surface area contributed by atoms with Crippen molar-refractivity contribution < 1.29 is 4.74 Å². The molecule has 0 aliphatic heterocycles. The number of nitrogens with zero attached hydrogens (tertiary/aromatic N) is 2. The number of aromatic nitrogens is 2. The molecule has 2 aromatic rings. The molecule has 0 aliphatic rings. The summed E-state index contributed by atoms with van der Waals surface area (Å²) in [6.07, 6.45) is 0.768. The van der Waals surface area contributed by atoms with Crippen molar-refractivity contribution in [2.24, 2.45) is 5.73 Å². The number of hydrogen-bond acceptors (Lipinski definition) is 5. The molecule has 2 N–H and O–H groups in total. The van der Waals surface area contributed by atoms with Gasteiger partial charge < -0.3 is 10.5 Å². The lowest BCUT2D eigenvalue weighted by atomic mass is 10.0. The molecule has 1 aromatic carbocycles. The minimum atomic E-state index is 0.473. The molecular weight excluding hydrogens is 258 g/mol. The molecular formula is C14H19N3OS. The van der Waals surface area contributed by atoms with E-state index in [-0.39, 0.29) is 0 Å². The molecule has 0 saturated heterocycles. The SMILES string of the molecule is COc1ccc(C(C)C)cc1-c1nnc(CCN)s1. The number of ether oxygens (including phenoxy) is 1. The van der Waals surface area contributed by atoms with Crippen molar-refractivity contribution in [2.75, 3.05) is 13.7 Å². The molecule has 19 heavy (non-hydrogen) atoms. The molecule has 0 bridgehead atoms. The van der Waals surface area contributed by atoms with Crippen LogP contribution in [0, 0.1) is 0 Å². The summed E-state index contributed by atoms with van der Waals surface area (Å²) in [6, 6.07) is 6.22. The third kappa shape index (κ3) is 3.11. The summed E-state index contributed by atoms with van der Waals surface area (Å²) in [6.45, 7) is 4.94. The summed E-state index contributed by atoms with van der Waals surface area (Å²) >= 11 is 1.58. The predicted molar refractivity (Wildman–Crippen MR) is 78.7 cm³/mol. The zero-order chi connectivity index (χ0) is 13.8. The van der Waals surface area contributed by atoms with Crippen molar-refractivity contribution in [1.29, 1.82) is 0 Å². The van der Waals surface area contributed by atoms with Crippen LogP contribution in [0.1, 0.15) is 30.3 Å². The van der Waals surface area contributed by atoms with Gasteiger partial charge in [-0.1, -0.05) is 31.3 Å². The van der Waals surface area contributed by atoms with Crippen molar-refractivity contribution in [3.05, 3.63) is 28.8 Å². The van der Waals surface area contributed by atoms with E-state index in [1.807, 2.05) is 6.07 Å². The fourth-order valence-corrected chi connectivity index (χ4v) is 2.71. The van der Waals surface area contributed by atoms with Gasteiger partial charge in [0.05, 0.1) is 12.7 Å². The van der Waals surface area contributed by atoms with E-state index in [1.165, 1.54) is 5.56 Å². The van der Waals surface area contributed by atoms with Crippen LogP contribution in [0.25, 0.3) is 10.6 Å². The van der Waals surface area contributed by atoms with Crippen molar-refractivity contribution in [3.63, 3.8) is 0 Å². The average Bonchev–Trinajstić information content (AvgIpc) is 2.87. The largest absolute Gasteiger partial charge is 0.496 e. The summed E-state index contributed by atoms with van der Waals surface area (Å²) in [7, 11) is 1.68. The molecule has 4 nitrogen and oxygen atoms in total. The van der Waals surface area contributed by atoms with Gasteiger partial charge in [-0.2, -0.15) is 0 Å². The van der Waals surface area contributed by atoms with E-state index in [1.54, 1.807) is 18.4 Å². The summed E-state index contributed by atoms with van der Waals surface area (Å²) in [4.78, 5) is 0. The topological polar surface area (TPSA) is 61.0 Å². The van der Waals surface area contributed by atoms with E-state index >= 15 is 0 Å². The van der Waals surface area contributed by atoms with Gasteiger partial charge >= 0.3 is 0 Å². The van der Waals surface area contributed by atoms with Crippen molar-refractivity contribution in [3.8, 4) is 16.3 Å². The standard InChI is InChI=1S/C14H19N3OS/c1-9(2)10-4-5-12(18-3)11(8-10)14-17-16-13(19-14)6-7-15/h4-5,8-9H,6-7,15H2,1-3H3. The van der Waals surface area contributed by atoms with Gasteiger partial charge in [-0.05, 0) is 30.2 Å². The summed E-state index contributed by atoms with van der Waals surface area (Å²) in [5, 5.41) is 10.3. The minimum absolute atomic E-state index is 0.473. The Hall–Kier alpha value is -1.46. The molecule has 0 saturated carbocycles. The van der Waals surface area contributed by atoms with Gasteiger partial charge in [-0.25, -0.2) is 0 Å². The highest BCUT2D eigenvalue weighted by molar-refractivity contribution is 7.14. The van der Waals surface area contributed by atoms with Crippen LogP contribution in [0.2, 0.25) is 0 Å². The van der Waals surface area contributed by atoms with Gasteiger partial charge in [-0.3, -0.25) is 0 Å². The number of hydrogen-bond donors (Lipinski definition) is 1. The monoisotopic (exact) mass is 277 g/mol. The second kappa shape index (κ2) is 6.12. The molecule has 0 amide bonds. The normalized spacial score (nSPS) is 11.0. The van der Waals surface area contributed by atoms with Gasteiger partial charge in [0.15, 0.2) is 5.01 Å². The van der Waals surface area contributed by atoms with Gasteiger partial charge in [0.1, 0.15) is 10.8 Å². The Morgan fingerprint density at radius 2 is 2.11 bits per heavy atom. The van der Waals surface area contributed by atoms with E-state index in [0.717, 1.165) is 27.7 Å². The number of nitrogens with two attached hydrogens (primary N) is 1. The molecule has 0 unspecified atom stereocenters. The lowest BCUT2D eigenvalue weighted by Crippen LogP contribution is -2.01. The maximum atomic E-state index is 5.54. The molecule has 0 atom stereocenters. The first-order valence-corrected chi connectivity index (χ1v) is 7.18. The molecule has 102 valence electrons. The minimum Gasteiger partial charge on any atom is -0.496 e. The van der Waals surface area contributed by atoms with Crippen molar-refractivity contribution >= 4 is 11.3 Å². The van der Waals surface area contributed by atoms with Crippen LogP contribution in [-0.4, -0.2) is 23.9 Å². The van der Waals surface area contributed by atoms with Crippen molar-refractivity contribution in [2.45, 2.75) is 26.2 Å². The lowest BCUT2D eigenvalue weighted by molar-refractivity contribution is 0.416. The summed E-state index contributed by atoms with van der Waals surface area (Å²) in [5.74, 6) is 1.31. The summed E-state index contributed by atoms with van der Waals surface area (Å²) in [5.41, 5.74) is 7.82. The fraction of sp³-hybridized carbons (Fsp3) is 0.429. The quantitative estimate of drug-likeness (QED) is 0.913. The second-order valence-corrected chi connectivity index (χ2v) is 5.72. The van der Waals surface area contributed by atoms with Crippen molar-refractivity contribution in [1.82, 2.24) is 10.2 Å². The third-order valence-corrected chi connectivity index (χ3v) is 3.96. The predicted octanol–water partition coefficient (Wildman–Crippen LogP) is 2.84. The highest BCUT2D eigenvalue weighted by atomic mass is 32.1. The van der Waals surface area contributed by atoms with E-state index in [4.69, 9.17) is 10.5 Å². The van der Waals surface area contributed by atoms with Crippen LogP contribution in [0.3, 0.4) is 0 Å². The number of rotatable bonds is 5. The molecule has 0 radical (unpaired) electrons. The Balaban J connectivity index is 2.42. The average molecular weight is 277 g/mol. The highest BCUT2D eigenvalue weighted by Gasteiger charge is 2.13. The summed E-state index contributed by atoms with van der Waals surface area (Å²) < 4.78 is 5.42. The van der Waals surface area contributed by atoms with E-state index in [2.05, 4.69) is 36.2 Å². The molecule has 2 rings (SSSR count). The smallest absolute Gasteiger partial charge is 0.151 e. The lowest BCUT2D eigenvalue weighted by Gasteiger charge is -2.10. The van der Waals surface area contributed by atoms with Crippen LogP contribution in [0.15, 0.2) is 18.2 Å². The van der Waals surface area contributed by atoms with E-state index < -0.39 is 0 Å². The van der Waals surface area contributed by atoms with Gasteiger partial charge in [0.25, 0.3) is 0 Å². The van der Waals surface area contributed by atoms with Crippen LogP contribution in [0.5, 0.6) is 5.75 Å². The first-order valence-electron chi connectivity index (χ1n) is 6.36. The molecule has 0 spiro atoms. The van der Waals surface area contributed by atoms with Gasteiger partial charge in [0, 0.05) is 6.42 Å². The van der Waals surface area contributed by atoms with Gasteiger partial charge in [-0.15, -0.1) is 10.2 Å². The zero-order valence-electron chi connectivity index (χ0n) is 11.5. The maximum Gasteiger partial charge on any atom is 0.151 e. The Labute approximate surface area is 117 Å². The molecule has 1 heterocycles. The molecule has 0 aliphatic carbocycles. The third-order valence-electron chi connectivity index (χ3n) is 2.95. The number of methoxy groups -OCH3 is 1. The number of benzene rings is 1. The Morgan fingerprint density at radius 1 is 1.32 bits per heavy atom.